The Balaban J connectivity index is 1.85. The first-order valence-corrected chi connectivity index (χ1v) is 8.42. The van der Waals surface area contributed by atoms with Crippen molar-refractivity contribution in [3.8, 4) is 11.4 Å². The van der Waals surface area contributed by atoms with Gasteiger partial charge in [0.15, 0.2) is 5.82 Å². The van der Waals surface area contributed by atoms with E-state index in [2.05, 4.69) is 27.5 Å². The molecule has 0 bridgehead atoms. The summed E-state index contributed by atoms with van der Waals surface area (Å²) in [6.45, 7) is 3.30. The summed E-state index contributed by atoms with van der Waals surface area (Å²) in [5.74, 6) is 1.83. The molecule has 2 aromatic carbocycles. The zero-order chi connectivity index (χ0) is 17.5. The number of nitrogens with one attached hydrogen (secondary N) is 2. The van der Waals surface area contributed by atoms with E-state index in [9.17, 15) is 4.39 Å². The third kappa shape index (κ3) is 4.53. The van der Waals surface area contributed by atoms with Gasteiger partial charge in [-0.25, -0.2) is 14.4 Å². The van der Waals surface area contributed by atoms with Crippen LogP contribution in [0, 0.1) is 5.82 Å². The first-order chi connectivity index (χ1) is 12.3. The highest BCUT2D eigenvalue weighted by Gasteiger charge is 2.08. The molecule has 0 amide bonds. The molecule has 4 nitrogen and oxygen atoms in total. The molecule has 0 aliphatic rings. The molecule has 0 spiro atoms. The average molecular weight is 336 g/mol. The fourth-order valence-corrected chi connectivity index (χ4v) is 2.43. The van der Waals surface area contributed by atoms with Gasteiger partial charge in [0, 0.05) is 30.3 Å². The van der Waals surface area contributed by atoms with Gasteiger partial charge in [-0.15, -0.1) is 0 Å². The number of aromatic nitrogens is 2. The standard InChI is InChI=1S/C20H21FN4/c1-2-12-22-18-13-19(23-14-16-10-6-7-11-17(16)21)25-20(24-18)15-8-4-3-5-9-15/h3-11,13H,2,12,14H2,1H3,(H2,22,23,24,25). The lowest BCUT2D eigenvalue weighted by Gasteiger charge is -2.11. The molecular weight excluding hydrogens is 315 g/mol. The molecule has 0 unspecified atom stereocenters. The second-order valence-electron chi connectivity index (χ2n) is 5.70. The van der Waals surface area contributed by atoms with Crippen molar-refractivity contribution in [1.29, 1.82) is 0 Å². The van der Waals surface area contributed by atoms with Gasteiger partial charge in [0.1, 0.15) is 17.5 Å². The molecule has 25 heavy (non-hydrogen) atoms. The van der Waals surface area contributed by atoms with Gasteiger partial charge in [0.05, 0.1) is 0 Å². The summed E-state index contributed by atoms with van der Waals surface area (Å²) >= 11 is 0. The maximum absolute atomic E-state index is 13.8. The number of rotatable bonds is 7. The van der Waals surface area contributed by atoms with E-state index < -0.39 is 0 Å². The van der Waals surface area contributed by atoms with Crippen LogP contribution in [0.4, 0.5) is 16.0 Å². The molecule has 3 aromatic rings. The molecule has 2 N–H and O–H groups in total. The van der Waals surface area contributed by atoms with Gasteiger partial charge in [-0.3, -0.25) is 0 Å². The Hall–Kier alpha value is -2.95. The van der Waals surface area contributed by atoms with Crippen LogP contribution in [0.15, 0.2) is 60.7 Å². The molecule has 0 aliphatic heterocycles. The quantitative estimate of drug-likeness (QED) is 0.656. The van der Waals surface area contributed by atoms with Crippen LogP contribution in [0.5, 0.6) is 0 Å². The maximum Gasteiger partial charge on any atom is 0.163 e. The van der Waals surface area contributed by atoms with E-state index in [1.54, 1.807) is 12.1 Å². The zero-order valence-electron chi connectivity index (χ0n) is 14.2. The molecule has 3 rings (SSSR count). The number of nitrogens with zero attached hydrogens (tertiary/aromatic N) is 2. The number of hydrogen-bond acceptors (Lipinski definition) is 4. The van der Waals surface area contributed by atoms with Crippen LogP contribution >= 0.6 is 0 Å². The Morgan fingerprint density at radius 3 is 2.28 bits per heavy atom. The molecule has 0 radical (unpaired) electrons. The van der Waals surface area contributed by atoms with E-state index >= 15 is 0 Å². The van der Waals surface area contributed by atoms with Crippen LogP contribution in [0.2, 0.25) is 0 Å². The summed E-state index contributed by atoms with van der Waals surface area (Å²) < 4.78 is 13.8. The molecule has 0 saturated heterocycles. The molecule has 0 saturated carbocycles. The van der Waals surface area contributed by atoms with Crippen molar-refractivity contribution in [2.24, 2.45) is 0 Å². The van der Waals surface area contributed by atoms with E-state index in [1.165, 1.54) is 6.07 Å². The van der Waals surface area contributed by atoms with Crippen LogP contribution in [-0.2, 0) is 6.54 Å². The normalized spacial score (nSPS) is 10.5. The zero-order valence-corrected chi connectivity index (χ0v) is 14.2. The Bertz CT molecular complexity index is 821. The minimum absolute atomic E-state index is 0.225. The van der Waals surface area contributed by atoms with Gasteiger partial charge in [-0.2, -0.15) is 0 Å². The van der Waals surface area contributed by atoms with Crippen molar-refractivity contribution in [2.45, 2.75) is 19.9 Å². The second-order valence-corrected chi connectivity index (χ2v) is 5.70. The van der Waals surface area contributed by atoms with E-state index in [0.29, 0.717) is 23.8 Å². The summed E-state index contributed by atoms with van der Waals surface area (Å²) in [5.41, 5.74) is 1.54. The molecule has 0 atom stereocenters. The SMILES string of the molecule is CCCNc1cc(NCc2ccccc2F)nc(-c2ccccc2)n1. The summed E-state index contributed by atoms with van der Waals surface area (Å²) in [4.78, 5) is 9.15. The third-order valence-electron chi connectivity index (χ3n) is 3.73. The predicted octanol–water partition coefficient (Wildman–Crippen LogP) is 4.72. The highest BCUT2D eigenvalue weighted by atomic mass is 19.1. The molecule has 0 aliphatic carbocycles. The summed E-state index contributed by atoms with van der Waals surface area (Å²) in [6.07, 6.45) is 1.00. The Morgan fingerprint density at radius 2 is 1.56 bits per heavy atom. The lowest BCUT2D eigenvalue weighted by molar-refractivity contribution is 0.613. The van der Waals surface area contributed by atoms with Gasteiger partial charge < -0.3 is 10.6 Å². The third-order valence-corrected chi connectivity index (χ3v) is 3.73. The van der Waals surface area contributed by atoms with E-state index in [0.717, 1.165) is 24.3 Å². The van der Waals surface area contributed by atoms with Gasteiger partial charge in [-0.1, -0.05) is 55.5 Å². The number of benzene rings is 2. The fourth-order valence-electron chi connectivity index (χ4n) is 2.43. The topological polar surface area (TPSA) is 49.8 Å². The number of halogens is 1. The number of anilines is 2. The minimum atomic E-state index is -0.225. The van der Waals surface area contributed by atoms with Crippen molar-refractivity contribution in [2.75, 3.05) is 17.2 Å². The molecule has 128 valence electrons. The molecule has 1 aromatic heterocycles. The van der Waals surface area contributed by atoms with Crippen molar-refractivity contribution in [3.05, 3.63) is 72.0 Å². The Labute approximate surface area is 147 Å². The monoisotopic (exact) mass is 336 g/mol. The summed E-state index contributed by atoms with van der Waals surface area (Å²) in [7, 11) is 0. The highest BCUT2D eigenvalue weighted by molar-refractivity contribution is 5.61. The highest BCUT2D eigenvalue weighted by Crippen LogP contribution is 2.21. The predicted molar refractivity (Wildman–Crippen MR) is 100.0 cm³/mol. The summed E-state index contributed by atoms with van der Waals surface area (Å²) in [6, 6.07) is 18.4. The van der Waals surface area contributed by atoms with Crippen LogP contribution in [0.3, 0.4) is 0 Å². The van der Waals surface area contributed by atoms with Crippen molar-refractivity contribution in [3.63, 3.8) is 0 Å². The first-order valence-electron chi connectivity index (χ1n) is 8.42. The van der Waals surface area contributed by atoms with E-state index in [1.807, 2.05) is 42.5 Å². The van der Waals surface area contributed by atoms with Crippen molar-refractivity contribution < 1.29 is 4.39 Å². The van der Waals surface area contributed by atoms with E-state index in [-0.39, 0.29) is 5.82 Å². The summed E-state index contributed by atoms with van der Waals surface area (Å²) in [5, 5.41) is 6.49. The Kier molecular flexibility index (Phi) is 5.57. The largest absolute Gasteiger partial charge is 0.370 e. The first kappa shape index (κ1) is 16.9. The van der Waals surface area contributed by atoms with Gasteiger partial charge in [0.2, 0.25) is 0 Å². The fraction of sp³-hybridized carbons (Fsp3) is 0.200. The molecule has 0 fully saturated rings. The van der Waals surface area contributed by atoms with Crippen molar-refractivity contribution >= 4 is 11.6 Å². The van der Waals surface area contributed by atoms with Crippen LogP contribution in [-0.4, -0.2) is 16.5 Å². The van der Waals surface area contributed by atoms with Crippen LogP contribution in [0.1, 0.15) is 18.9 Å². The maximum atomic E-state index is 13.8. The van der Waals surface area contributed by atoms with Crippen LogP contribution in [0.25, 0.3) is 11.4 Å². The van der Waals surface area contributed by atoms with Crippen LogP contribution < -0.4 is 10.6 Å². The lowest BCUT2D eigenvalue weighted by Crippen LogP contribution is -2.08. The number of hydrogen-bond donors (Lipinski definition) is 2. The van der Waals surface area contributed by atoms with E-state index in [4.69, 9.17) is 0 Å². The molecule has 5 heteroatoms. The second kappa shape index (κ2) is 8.24. The Morgan fingerprint density at radius 1 is 0.880 bits per heavy atom. The molecule has 1 heterocycles. The minimum Gasteiger partial charge on any atom is -0.370 e. The lowest BCUT2D eigenvalue weighted by atomic mass is 10.2. The van der Waals surface area contributed by atoms with Crippen molar-refractivity contribution in [1.82, 2.24) is 9.97 Å². The molecular formula is C20H21FN4. The smallest absolute Gasteiger partial charge is 0.163 e. The average Bonchev–Trinajstić information content (AvgIpc) is 2.66. The van der Waals surface area contributed by atoms with Gasteiger partial charge >= 0.3 is 0 Å². The van der Waals surface area contributed by atoms with Gasteiger partial charge in [-0.05, 0) is 12.5 Å². The van der Waals surface area contributed by atoms with Gasteiger partial charge in [0.25, 0.3) is 0 Å².